The van der Waals surface area contributed by atoms with E-state index in [2.05, 4.69) is 15.4 Å². The SMILES string of the molecule is Cc1cc(CN2CCN(C(=O)C(Cc3ccccc3)NC(=O)c3ccccc3)CC2)on1. The van der Waals surface area contributed by atoms with Crippen LogP contribution in [0.15, 0.2) is 71.3 Å². The molecule has 0 radical (unpaired) electrons. The Morgan fingerprint density at radius 1 is 1.00 bits per heavy atom. The van der Waals surface area contributed by atoms with Crippen molar-refractivity contribution in [1.29, 1.82) is 0 Å². The van der Waals surface area contributed by atoms with Gasteiger partial charge in [-0.3, -0.25) is 14.5 Å². The van der Waals surface area contributed by atoms with Gasteiger partial charge < -0.3 is 14.7 Å². The third kappa shape index (κ3) is 5.62. The predicted molar refractivity (Wildman–Crippen MR) is 121 cm³/mol. The summed E-state index contributed by atoms with van der Waals surface area (Å²) in [6.45, 7) is 5.30. The molecule has 1 aliphatic rings. The minimum atomic E-state index is -0.617. The molecule has 0 aliphatic carbocycles. The summed E-state index contributed by atoms with van der Waals surface area (Å²) in [4.78, 5) is 30.3. The molecule has 1 saturated heterocycles. The average molecular weight is 433 g/mol. The van der Waals surface area contributed by atoms with Gasteiger partial charge >= 0.3 is 0 Å². The van der Waals surface area contributed by atoms with Crippen molar-refractivity contribution in [2.75, 3.05) is 26.2 Å². The molecular formula is C25H28N4O3. The summed E-state index contributed by atoms with van der Waals surface area (Å²) in [5, 5.41) is 6.90. The van der Waals surface area contributed by atoms with Crippen LogP contribution in [0.3, 0.4) is 0 Å². The van der Waals surface area contributed by atoms with Crippen molar-refractivity contribution < 1.29 is 14.1 Å². The summed E-state index contributed by atoms with van der Waals surface area (Å²) < 4.78 is 5.31. The van der Waals surface area contributed by atoms with E-state index < -0.39 is 6.04 Å². The lowest BCUT2D eigenvalue weighted by Gasteiger charge is -2.36. The maximum atomic E-state index is 13.4. The standard InChI is InChI=1S/C25H28N4O3/c1-19-16-22(32-27-19)18-28-12-14-29(15-13-28)25(31)23(17-20-8-4-2-5-9-20)26-24(30)21-10-6-3-7-11-21/h2-11,16,23H,12-15,17-18H2,1H3,(H,26,30). The zero-order valence-electron chi connectivity index (χ0n) is 18.2. The molecule has 0 saturated carbocycles. The van der Waals surface area contributed by atoms with Crippen LogP contribution in [0.4, 0.5) is 0 Å². The molecule has 7 heteroatoms. The highest BCUT2D eigenvalue weighted by Crippen LogP contribution is 2.13. The van der Waals surface area contributed by atoms with E-state index in [1.807, 2.05) is 66.4 Å². The molecular weight excluding hydrogens is 404 g/mol. The number of carbonyl (C=O) groups excluding carboxylic acids is 2. The number of hydrogen-bond donors (Lipinski definition) is 1. The minimum Gasteiger partial charge on any atom is -0.360 e. The highest BCUT2D eigenvalue weighted by Gasteiger charge is 2.29. The lowest BCUT2D eigenvalue weighted by atomic mass is 10.0. The number of nitrogens with zero attached hydrogens (tertiary/aromatic N) is 3. The number of amides is 2. The molecule has 2 aromatic carbocycles. The Balaban J connectivity index is 1.41. The summed E-state index contributed by atoms with van der Waals surface area (Å²) in [6.07, 6.45) is 0.454. The molecule has 1 aliphatic heterocycles. The summed E-state index contributed by atoms with van der Waals surface area (Å²) in [7, 11) is 0. The van der Waals surface area contributed by atoms with Crippen molar-refractivity contribution in [2.45, 2.75) is 25.9 Å². The average Bonchev–Trinajstić information content (AvgIpc) is 3.24. The summed E-state index contributed by atoms with van der Waals surface area (Å²) >= 11 is 0. The quantitative estimate of drug-likeness (QED) is 0.621. The zero-order valence-corrected chi connectivity index (χ0v) is 18.2. The first kappa shape index (κ1) is 21.8. The number of rotatable bonds is 7. The molecule has 4 rings (SSSR count). The zero-order chi connectivity index (χ0) is 22.3. The molecule has 7 nitrogen and oxygen atoms in total. The van der Waals surface area contributed by atoms with Crippen LogP contribution < -0.4 is 5.32 Å². The molecule has 32 heavy (non-hydrogen) atoms. The smallest absolute Gasteiger partial charge is 0.251 e. The first-order valence-corrected chi connectivity index (χ1v) is 10.9. The molecule has 2 amide bonds. The number of nitrogens with one attached hydrogen (secondary N) is 1. The van der Waals surface area contributed by atoms with Gasteiger partial charge in [-0.15, -0.1) is 0 Å². The van der Waals surface area contributed by atoms with Gasteiger partial charge in [0.15, 0.2) is 5.76 Å². The Kier molecular flexibility index (Phi) is 6.97. The second-order valence-corrected chi connectivity index (χ2v) is 8.12. The largest absolute Gasteiger partial charge is 0.360 e. The molecule has 1 unspecified atom stereocenters. The van der Waals surface area contributed by atoms with Gasteiger partial charge in [-0.05, 0) is 24.6 Å². The van der Waals surface area contributed by atoms with Crippen LogP contribution in [-0.2, 0) is 17.8 Å². The number of aryl methyl sites for hydroxylation is 1. The maximum Gasteiger partial charge on any atom is 0.251 e. The summed E-state index contributed by atoms with van der Waals surface area (Å²) in [5.74, 6) is 0.548. The minimum absolute atomic E-state index is 0.0479. The van der Waals surface area contributed by atoms with Gasteiger partial charge in [0.25, 0.3) is 5.91 Å². The number of benzene rings is 2. The van der Waals surface area contributed by atoms with Gasteiger partial charge in [0.2, 0.25) is 5.91 Å². The number of hydrogen-bond acceptors (Lipinski definition) is 5. The second kappa shape index (κ2) is 10.2. The normalized spacial score (nSPS) is 15.3. The van der Waals surface area contributed by atoms with Crippen LogP contribution in [0.5, 0.6) is 0 Å². The molecule has 2 heterocycles. The number of carbonyl (C=O) groups is 2. The van der Waals surface area contributed by atoms with Crippen LogP contribution in [0.25, 0.3) is 0 Å². The third-order valence-electron chi connectivity index (χ3n) is 5.66. The number of aromatic nitrogens is 1. The van der Waals surface area contributed by atoms with Gasteiger partial charge in [0.05, 0.1) is 12.2 Å². The Morgan fingerprint density at radius 2 is 1.66 bits per heavy atom. The Bertz CT molecular complexity index is 1030. The molecule has 1 N–H and O–H groups in total. The van der Waals surface area contributed by atoms with Crippen LogP contribution in [0.2, 0.25) is 0 Å². The van der Waals surface area contributed by atoms with E-state index in [-0.39, 0.29) is 11.8 Å². The Labute approximate surface area is 188 Å². The van der Waals surface area contributed by atoms with Gasteiger partial charge in [0.1, 0.15) is 6.04 Å². The molecule has 0 spiro atoms. The van der Waals surface area contributed by atoms with E-state index in [1.54, 1.807) is 12.1 Å². The second-order valence-electron chi connectivity index (χ2n) is 8.12. The van der Waals surface area contributed by atoms with Gasteiger partial charge in [-0.25, -0.2) is 0 Å². The van der Waals surface area contributed by atoms with E-state index >= 15 is 0 Å². The van der Waals surface area contributed by atoms with E-state index in [1.165, 1.54) is 0 Å². The van der Waals surface area contributed by atoms with Crippen molar-refractivity contribution in [3.8, 4) is 0 Å². The first-order valence-electron chi connectivity index (χ1n) is 10.9. The van der Waals surface area contributed by atoms with E-state index in [9.17, 15) is 9.59 Å². The summed E-state index contributed by atoms with van der Waals surface area (Å²) in [5.41, 5.74) is 2.43. The third-order valence-corrected chi connectivity index (χ3v) is 5.66. The van der Waals surface area contributed by atoms with E-state index in [4.69, 9.17) is 4.52 Å². The van der Waals surface area contributed by atoms with Crippen molar-refractivity contribution in [3.05, 3.63) is 89.3 Å². The Hall–Kier alpha value is -3.45. The van der Waals surface area contributed by atoms with Crippen molar-refractivity contribution in [2.24, 2.45) is 0 Å². The fourth-order valence-electron chi connectivity index (χ4n) is 3.94. The fraction of sp³-hybridized carbons (Fsp3) is 0.320. The monoisotopic (exact) mass is 432 g/mol. The maximum absolute atomic E-state index is 13.4. The van der Waals surface area contributed by atoms with Crippen LogP contribution in [0, 0.1) is 6.92 Å². The highest BCUT2D eigenvalue weighted by atomic mass is 16.5. The lowest BCUT2D eigenvalue weighted by Crippen LogP contribution is -2.55. The van der Waals surface area contributed by atoms with Crippen LogP contribution in [0.1, 0.15) is 27.4 Å². The van der Waals surface area contributed by atoms with E-state index in [0.29, 0.717) is 31.6 Å². The van der Waals surface area contributed by atoms with Gasteiger partial charge in [-0.2, -0.15) is 0 Å². The molecule has 1 fully saturated rings. The Morgan fingerprint density at radius 3 is 2.28 bits per heavy atom. The van der Waals surface area contributed by atoms with Crippen LogP contribution in [-0.4, -0.2) is 59.0 Å². The first-order chi connectivity index (χ1) is 15.6. The number of piperazine rings is 1. The van der Waals surface area contributed by atoms with Crippen molar-refractivity contribution in [1.82, 2.24) is 20.3 Å². The van der Waals surface area contributed by atoms with Gasteiger partial charge in [0, 0.05) is 44.2 Å². The fourth-order valence-corrected chi connectivity index (χ4v) is 3.94. The van der Waals surface area contributed by atoms with Gasteiger partial charge in [-0.1, -0.05) is 53.7 Å². The lowest BCUT2D eigenvalue weighted by molar-refractivity contribution is -0.135. The van der Waals surface area contributed by atoms with E-state index in [0.717, 1.165) is 30.1 Å². The highest BCUT2D eigenvalue weighted by molar-refractivity contribution is 5.97. The molecule has 0 bridgehead atoms. The van der Waals surface area contributed by atoms with Crippen LogP contribution >= 0.6 is 0 Å². The molecule has 3 aromatic rings. The summed E-state index contributed by atoms with van der Waals surface area (Å²) in [6, 6.07) is 20.1. The topological polar surface area (TPSA) is 78.7 Å². The van der Waals surface area contributed by atoms with Crippen molar-refractivity contribution in [3.63, 3.8) is 0 Å². The van der Waals surface area contributed by atoms with Crippen molar-refractivity contribution >= 4 is 11.8 Å². The molecule has 166 valence electrons. The molecule has 1 aromatic heterocycles. The molecule has 1 atom stereocenters. The predicted octanol–water partition coefficient (Wildman–Crippen LogP) is 2.67.